The third-order valence-electron chi connectivity index (χ3n) is 7.82. The minimum Gasteiger partial charge on any atom is -0.324 e. The Bertz CT molecular complexity index is 2240. The van der Waals surface area contributed by atoms with Gasteiger partial charge in [0.15, 0.2) is 23.3 Å². The summed E-state index contributed by atoms with van der Waals surface area (Å²) in [5.74, 6) is 2.44. The molecule has 0 spiro atoms. The van der Waals surface area contributed by atoms with Crippen molar-refractivity contribution in [2.75, 3.05) is 0 Å². The van der Waals surface area contributed by atoms with Gasteiger partial charge in [-0.25, -0.2) is 29.9 Å². The lowest BCUT2D eigenvalue weighted by Crippen LogP contribution is -1.92. The van der Waals surface area contributed by atoms with E-state index >= 15 is 0 Å². The first-order chi connectivity index (χ1) is 20.2. The van der Waals surface area contributed by atoms with Gasteiger partial charge in [0.1, 0.15) is 22.6 Å². The maximum absolute atomic E-state index is 5.13. The highest BCUT2D eigenvalue weighted by Crippen LogP contribution is 2.37. The average Bonchev–Trinajstić information content (AvgIpc) is 3.72. The van der Waals surface area contributed by atoms with Crippen molar-refractivity contribution in [1.82, 2.24) is 39.5 Å². The molecule has 0 radical (unpaired) electrons. The molecule has 2 aliphatic heterocycles. The number of rotatable bonds is 0. The zero-order chi connectivity index (χ0) is 27.1. The third-order valence-corrected chi connectivity index (χ3v) is 7.82. The Morgan fingerprint density at radius 2 is 0.756 bits per heavy atom. The lowest BCUT2D eigenvalue weighted by molar-refractivity contribution is 0.967. The van der Waals surface area contributed by atoms with Crippen molar-refractivity contribution >= 4 is 44.1 Å². The lowest BCUT2D eigenvalue weighted by atomic mass is 10.1. The Morgan fingerprint density at radius 3 is 1.17 bits per heavy atom. The highest BCUT2D eigenvalue weighted by Gasteiger charge is 2.22. The number of benzene rings is 4. The van der Waals surface area contributed by atoms with E-state index in [1.54, 1.807) is 0 Å². The molecule has 8 heteroatoms. The zero-order valence-corrected chi connectivity index (χ0v) is 21.9. The van der Waals surface area contributed by atoms with Gasteiger partial charge in [-0.1, -0.05) is 97.1 Å². The van der Waals surface area contributed by atoms with E-state index in [4.69, 9.17) is 29.9 Å². The summed E-state index contributed by atoms with van der Waals surface area (Å²) in [7, 11) is 1.99. The van der Waals surface area contributed by atoms with Gasteiger partial charge in [0.2, 0.25) is 0 Å². The molecule has 0 saturated carbocycles. The molecule has 8 bridgehead atoms. The van der Waals surface area contributed by atoms with Gasteiger partial charge in [0, 0.05) is 50.8 Å². The highest BCUT2D eigenvalue weighted by molar-refractivity contribution is 6.06. The number of aromatic amines is 1. The maximum Gasteiger partial charge on any atom is 0.164 e. The standard InChI is InChI=1S/C33H20N8/c1-41-32-24-16-8-9-17-25(24)33(41)40-31-23-15-7-5-13-21(23)29(38-31)36-27-19-11-3-2-10-18(19)26(34-27)35-28-20-12-4-6-14-22(20)30(37-28)39-32/h2-17H,1H3,(H,34,35,36,37,38,39,40). The fourth-order valence-corrected chi connectivity index (χ4v) is 5.87. The van der Waals surface area contributed by atoms with Crippen LogP contribution in [0.3, 0.4) is 0 Å². The number of hydrogen-bond acceptors (Lipinski definition) is 6. The largest absolute Gasteiger partial charge is 0.324 e. The molecule has 192 valence electrons. The van der Waals surface area contributed by atoms with Crippen LogP contribution in [0.25, 0.3) is 89.7 Å². The number of aryl methyl sites for hydroxylation is 1. The molecule has 0 aliphatic carbocycles. The SMILES string of the molecule is Cn1c2nc3nc(nc4[nH]c(nc5nc(nc1c1ccccc12)-c1ccccc1-5)c1ccccc41)-c1ccccc1-3. The Hall–Kier alpha value is -5.76. The van der Waals surface area contributed by atoms with Crippen LogP contribution in [0, 0.1) is 0 Å². The monoisotopic (exact) mass is 528 g/mol. The van der Waals surface area contributed by atoms with E-state index in [1.807, 2.05) is 96.5 Å². The molecule has 0 unspecified atom stereocenters. The second-order valence-electron chi connectivity index (χ2n) is 10.2. The van der Waals surface area contributed by atoms with Crippen LogP contribution in [0.5, 0.6) is 0 Å². The van der Waals surface area contributed by atoms with Crippen LogP contribution in [-0.4, -0.2) is 39.5 Å². The van der Waals surface area contributed by atoms with Crippen molar-refractivity contribution in [2.24, 2.45) is 7.05 Å². The summed E-state index contributed by atoms with van der Waals surface area (Å²) in [5.41, 5.74) is 6.67. The average molecular weight is 529 g/mol. The van der Waals surface area contributed by atoms with E-state index < -0.39 is 0 Å². The number of H-pyrrole nitrogens is 1. The second kappa shape index (κ2) is 8.12. The third kappa shape index (κ3) is 3.15. The molecular weight excluding hydrogens is 508 g/mol. The van der Waals surface area contributed by atoms with E-state index in [0.717, 1.165) is 55.1 Å². The van der Waals surface area contributed by atoms with E-state index in [2.05, 4.69) is 17.1 Å². The van der Waals surface area contributed by atoms with E-state index in [9.17, 15) is 0 Å². The summed E-state index contributed by atoms with van der Waals surface area (Å²) < 4.78 is 2.02. The number of nitrogens with one attached hydrogen (secondary N) is 1. The van der Waals surface area contributed by atoms with Crippen molar-refractivity contribution in [2.45, 2.75) is 0 Å². The van der Waals surface area contributed by atoms with Crippen molar-refractivity contribution in [3.63, 3.8) is 0 Å². The summed E-state index contributed by atoms with van der Waals surface area (Å²) >= 11 is 0. The summed E-state index contributed by atoms with van der Waals surface area (Å²) in [6.07, 6.45) is 0. The van der Waals surface area contributed by atoms with Gasteiger partial charge < -0.3 is 9.55 Å². The van der Waals surface area contributed by atoms with E-state index in [-0.39, 0.29) is 0 Å². The Labute approximate surface area is 233 Å². The number of fused-ring (bicyclic) bond motifs is 20. The molecule has 41 heavy (non-hydrogen) atoms. The van der Waals surface area contributed by atoms with Crippen LogP contribution in [0.15, 0.2) is 97.1 Å². The minimum atomic E-state index is 0.604. The van der Waals surface area contributed by atoms with Crippen LogP contribution >= 0.6 is 0 Å². The van der Waals surface area contributed by atoms with Gasteiger partial charge in [-0.05, 0) is 0 Å². The molecule has 2 aliphatic rings. The molecular formula is C33H20N8. The van der Waals surface area contributed by atoms with Gasteiger partial charge in [0.05, 0.1) is 0 Å². The first kappa shape index (κ1) is 22.1. The maximum atomic E-state index is 5.13. The molecule has 4 aromatic carbocycles. The van der Waals surface area contributed by atoms with Crippen molar-refractivity contribution in [3.05, 3.63) is 97.1 Å². The number of aromatic nitrogens is 8. The van der Waals surface area contributed by atoms with Gasteiger partial charge in [-0.2, -0.15) is 0 Å². The molecule has 3 aromatic heterocycles. The second-order valence-corrected chi connectivity index (χ2v) is 10.2. The van der Waals surface area contributed by atoms with Crippen LogP contribution in [0.4, 0.5) is 0 Å². The Balaban J connectivity index is 1.53. The topological polar surface area (TPSA) is 98.1 Å². The lowest BCUT2D eigenvalue weighted by Gasteiger charge is -1.98. The quantitative estimate of drug-likeness (QED) is 0.230. The molecule has 5 heterocycles. The van der Waals surface area contributed by atoms with Gasteiger partial charge in [-0.15, -0.1) is 0 Å². The first-order valence-corrected chi connectivity index (χ1v) is 13.4. The molecule has 0 amide bonds. The van der Waals surface area contributed by atoms with E-state index in [0.29, 0.717) is 34.6 Å². The van der Waals surface area contributed by atoms with Crippen molar-refractivity contribution in [3.8, 4) is 45.6 Å². The summed E-state index contributed by atoms with van der Waals surface area (Å²) in [5, 5.41) is 3.90. The van der Waals surface area contributed by atoms with Crippen molar-refractivity contribution < 1.29 is 0 Å². The fraction of sp³-hybridized carbons (Fsp3) is 0.0303. The smallest absolute Gasteiger partial charge is 0.164 e. The number of nitrogens with zero attached hydrogens (tertiary/aromatic N) is 7. The normalized spacial score (nSPS) is 12.0. The fourth-order valence-electron chi connectivity index (χ4n) is 5.87. The molecule has 0 fully saturated rings. The molecule has 9 rings (SSSR count). The van der Waals surface area contributed by atoms with Gasteiger partial charge in [-0.3, -0.25) is 0 Å². The molecule has 8 nitrogen and oxygen atoms in total. The first-order valence-electron chi connectivity index (χ1n) is 13.4. The number of hydrogen-bond donors (Lipinski definition) is 1. The minimum absolute atomic E-state index is 0.604. The van der Waals surface area contributed by atoms with Crippen LogP contribution in [0.2, 0.25) is 0 Å². The summed E-state index contributed by atoms with van der Waals surface area (Å²) in [6.45, 7) is 0. The molecule has 0 atom stereocenters. The molecule has 7 aromatic rings. The Morgan fingerprint density at radius 1 is 0.415 bits per heavy atom. The predicted molar refractivity (Wildman–Crippen MR) is 161 cm³/mol. The van der Waals surface area contributed by atoms with E-state index in [1.165, 1.54) is 0 Å². The summed E-state index contributed by atoms with van der Waals surface area (Å²) in [6, 6.07) is 32.4. The predicted octanol–water partition coefficient (Wildman–Crippen LogP) is 6.88. The highest BCUT2D eigenvalue weighted by atomic mass is 15.1. The molecule has 0 saturated heterocycles. The van der Waals surface area contributed by atoms with Gasteiger partial charge >= 0.3 is 0 Å². The van der Waals surface area contributed by atoms with Crippen molar-refractivity contribution in [1.29, 1.82) is 0 Å². The van der Waals surface area contributed by atoms with Gasteiger partial charge in [0.25, 0.3) is 0 Å². The Kier molecular flexibility index (Phi) is 4.38. The molecule has 1 N–H and O–H groups in total. The van der Waals surface area contributed by atoms with Crippen LogP contribution in [-0.2, 0) is 7.05 Å². The summed E-state index contributed by atoms with van der Waals surface area (Å²) in [4.78, 5) is 33.7. The zero-order valence-electron chi connectivity index (χ0n) is 21.9. The van der Waals surface area contributed by atoms with Crippen LogP contribution in [0.1, 0.15) is 0 Å². The van der Waals surface area contributed by atoms with Crippen LogP contribution < -0.4 is 0 Å².